The third-order valence-electron chi connectivity index (χ3n) is 2.19. The van der Waals surface area contributed by atoms with Gasteiger partial charge in [0.25, 0.3) is 0 Å². The quantitative estimate of drug-likeness (QED) is 0.501. The summed E-state index contributed by atoms with van der Waals surface area (Å²) in [5, 5.41) is 6.03. The second kappa shape index (κ2) is 6.22. The predicted molar refractivity (Wildman–Crippen MR) is 56.6 cm³/mol. The van der Waals surface area contributed by atoms with Crippen LogP contribution in [0.1, 0.15) is 19.3 Å². The minimum atomic E-state index is -0.0537. The zero-order chi connectivity index (χ0) is 10.2. The Morgan fingerprint density at radius 1 is 1.71 bits per heavy atom. The van der Waals surface area contributed by atoms with E-state index in [1.54, 1.807) is 0 Å². The molecule has 0 spiro atoms. The molecule has 1 amide bonds. The summed E-state index contributed by atoms with van der Waals surface area (Å²) in [6, 6.07) is 0. The van der Waals surface area contributed by atoms with E-state index >= 15 is 0 Å². The van der Waals surface area contributed by atoms with Crippen molar-refractivity contribution in [3.63, 3.8) is 0 Å². The van der Waals surface area contributed by atoms with Gasteiger partial charge in [0.2, 0.25) is 5.91 Å². The largest absolute Gasteiger partial charge is 0.355 e. The summed E-state index contributed by atoms with van der Waals surface area (Å²) in [5.41, 5.74) is 1.42. The molecule has 3 heteroatoms. The van der Waals surface area contributed by atoms with Gasteiger partial charge in [-0.05, 0) is 19.4 Å². The van der Waals surface area contributed by atoms with Gasteiger partial charge in [-0.1, -0.05) is 17.6 Å². The number of hydrogen-bond acceptors (Lipinski definition) is 2. The van der Waals surface area contributed by atoms with Gasteiger partial charge in [-0.3, -0.25) is 4.79 Å². The Bertz CT molecular complexity index is 263. The van der Waals surface area contributed by atoms with Crippen molar-refractivity contribution in [2.45, 2.75) is 19.3 Å². The molecule has 0 unspecified atom stereocenters. The molecule has 2 N–H and O–H groups in total. The van der Waals surface area contributed by atoms with Gasteiger partial charge in [-0.15, -0.1) is 6.42 Å². The molecule has 0 aromatic rings. The molecule has 1 heterocycles. The smallest absolute Gasteiger partial charge is 0.232 e. The lowest BCUT2D eigenvalue weighted by Crippen LogP contribution is -2.26. The van der Waals surface area contributed by atoms with E-state index in [1.807, 2.05) is 0 Å². The normalized spacial score (nSPS) is 15.5. The molecule has 14 heavy (non-hydrogen) atoms. The van der Waals surface area contributed by atoms with E-state index in [0.29, 0.717) is 6.54 Å². The molecule has 76 valence electrons. The fourth-order valence-corrected chi connectivity index (χ4v) is 1.41. The van der Waals surface area contributed by atoms with Crippen molar-refractivity contribution >= 4 is 5.91 Å². The van der Waals surface area contributed by atoms with E-state index < -0.39 is 0 Å². The number of carbonyl (C=O) groups is 1. The SMILES string of the molecule is C#CCC(=O)NCCC1=CCNCC1. The van der Waals surface area contributed by atoms with Gasteiger partial charge in [-0.2, -0.15) is 0 Å². The molecule has 0 aromatic heterocycles. The fourth-order valence-electron chi connectivity index (χ4n) is 1.41. The summed E-state index contributed by atoms with van der Waals surface area (Å²) in [6.45, 7) is 2.70. The third-order valence-corrected chi connectivity index (χ3v) is 2.19. The Balaban J connectivity index is 2.12. The molecule has 0 aliphatic carbocycles. The average Bonchev–Trinajstić information content (AvgIpc) is 2.20. The minimum absolute atomic E-state index is 0.0537. The summed E-state index contributed by atoms with van der Waals surface area (Å²) in [6.07, 6.45) is 9.42. The van der Waals surface area contributed by atoms with Crippen molar-refractivity contribution in [2.24, 2.45) is 0 Å². The molecule has 0 saturated heterocycles. The molecule has 3 nitrogen and oxygen atoms in total. The Kier molecular flexibility index (Phi) is 4.81. The summed E-state index contributed by atoms with van der Waals surface area (Å²) >= 11 is 0. The van der Waals surface area contributed by atoms with Gasteiger partial charge in [0, 0.05) is 13.1 Å². The Morgan fingerprint density at radius 2 is 2.57 bits per heavy atom. The Hall–Kier alpha value is -1.27. The summed E-state index contributed by atoms with van der Waals surface area (Å²) < 4.78 is 0. The van der Waals surface area contributed by atoms with Crippen LogP contribution < -0.4 is 10.6 Å². The van der Waals surface area contributed by atoms with Crippen LogP contribution in [-0.2, 0) is 4.79 Å². The van der Waals surface area contributed by atoms with E-state index in [0.717, 1.165) is 25.9 Å². The summed E-state index contributed by atoms with van der Waals surface area (Å²) in [4.78, 5) is 11.0. The number of nitrogens with one attached hydrogen (secondary N) is 2. The number of terminal acetylenes is 1. The van der Waals surface area contributed by atoms with Gasteiger partial charge in [0.15, 0.2) is 0 Å². The molecular weight excluding hydrogens is 176 g/mol. The molecule has 1 aliphatic heterocycles. The van der Waals surface area contributed by atoms with Crippen LogP contribution in [-0.4, -0.2) is 25.5 Å². The van der Waals surface area contributed by atoms with Crippen molar-refractivity contribution < 1.29 is 4.79 Å². The zero-order valence-electron chi connectivity index (χ0n) is 8.31. The molecule has 1 aliphatic rings. The molecule has 0 aromatic carbocycles. The number of amides is 1. The molecular formula is C11H16N2O. The van der Waals surface area contributed by atoms with Gasteiger partial charge >= 0.3 is 0 Å². The van der Waals surface area contributed by atoms with Gasteiger partial charge in [-0.25, -0.2) is 0 Å². The van der Waals surface area contributed by atoms with Crippen molar-refractivity contribution in [3.8, 4) is 12.3 Å². The lowest BCUT2D eigenvalue weighted by molar-refractivity contribution is -0.120. The molecule has 0 atom stereocenters. The van der Waals surface area contributed by atoms with Crippen molar-refractivity contribution in [3.05, 3.63) is 11.6 Å². The fraction of sp³-hybridized carbons (Fsp3) is 0.545. The zero-order valence-corrected chi connectivity index (χ0v) is 8.31. The van der Waals surface area contributed by atoms with Crippen LogP contribution in [0.15, 0.2) is 11.6 Å². The first-order valence-corrected chi connectivity index (χ1v) is 4.91. The van der Waals surface area contributed by atoms with E-state index in [-0.39, 0.29) is 12.3 Å². The van der Waals surface area contributed by atoms with Gasteiger partial charge < -0.3 is 10.6 Å². The van der Waals surface area contributed by atoms with Crippen LogP contribution in [0.5, 0.6) is 0 Å². The molecule has 0 radical (unpaired) electrons. The first-order valence-electron chi connectivity index (χ1n) is 4.91. The van der Waals surface area contributed by atoms with Crippen LogP contribution in [0.3, 0.4) is 0 Å². The second-order valence-corrected chi connectivity index (χ2v) is 3.30. The molecule has 0 fully saturated rings. The van der Waals surface area contributed by atoms with Crippen LogP contribution in [0.25, 0.3) is 0 Å². The summed E-state index contributed by atoms with van der Waals surface area (Å²) in [5.74, 6) is 2.27. The maximum Gasteiger partial charge on any atom is 0.232 e. The Labute approximate surface area is 85.0 Å². The average molecular weight is 192 g/mol. The lowest BCUT2D eigenvalue weighted by Gasteiger charge is -2.13. The van der Waals surface area contributed by atoms with E-state index in [1.165, 1.54) is 5.57 Å². The predicted octanol–water partition coefficient (Wildman–Crippen LogP) is 0.436. The van der Waals surface area contributed by atoms with Crippen molar-refractivity contribution in [2.75, 3.05) is 19.6 Å². The topological polar surface area (TPSA) is 41.1 Å². The van der Waals surface area contributed by atoms with Crippen molar-refractivity contribution in [1.29, 1.82) is 0 Å². The molecule has 0 bridgehead atoms. The van der Waals surface area contributed by atoms with E-state index in [4.69, 9.17) is 6.42 Å². The monoisotopic (exact) mass is 192 g/mol. The second-order valence-electron chi connectivity index (χ2n) is 3.30. The molecule has 1 rings (SSSR count). The lowest BCUT2D eigenvalue weighted by atomic mass is 10.1. The Morgan fingerprint density at radius 3 is 3.21 bits per heavy atom. The van der Waals surface area contributed by atoms with E-state index in [9.17, 15) is 4.79 Å². The number of rotatable bonds is 4. The number of carbonyl (C=O) groups excluding carboxylic acids is 1. The highest BCUT2D eigenvalue weighted by molar-refractivity contribution is 5.78. The van der Waals surface area contributed by atoms with Crippen LogP contribution in [0.2, 0.25) is 0 Å². The van der Waals surface area contributed by atoms with Crippen LogP contribution in [0, 0.1) is 12.3 Å². The third kappa shape index (κ3) is 4.11. The maximum atomic E-state index is 11.0. The number of hydrogen-bond donors (Lipinski definition) is 2. The molecule has 0 saturated carbocycles. The van der Waals surface area contributed by atoms with E-state index in [2.05, 4.69) is 22.6 Å². The first kappa shape index (κ1) is 10.8. The van der Waals surface area contributed by atoms with Crippen molar-refractivity contribution in [1.82, 2.24) is 10.6 Å². The highest BCUT2D eigenvalue weighted by atomic mass is 16.1. The van der Waals surface area contributed by atoms with Gasteiger partial charge in [0.05, 0.1) is 6.42 Å². The van der Waals surface area contributed by atoms with Crippen LogP contribution in [0.4, 0.5) is 0 Å². The first-order chi connectivity index (χ1) is 6.83. The van der Waals surface area contributed by atoms with Gasteiger partial charge in [0.1, 0.15) is 0 Å². The standard InChI is InChI=1S/C11H16N2O/c1-2-3-11(14)13-9-6-10-4-7-12-8-5-10/h1,4,12H,3,5-9H2,(H,13,14). The highest BCUT2D eigenvalue weighted by Crippen LogP contribution is 2.07. The summed E-state index contributed by atoms with van der Waals surface area (Å²) in [7, 11) is 0. The maximum absolute atomic E-state index is 11.0. The minimum Gasteiger partial charge on any atom is -0.355 e. The van der Waals surface area contributed by atoms with Crippen LogP contribution >= 0.6 is 0 Å². The highest BCUT2D eigenvalue weighted by Gasteiger charge is 2.03.